The van der Waals surface area contributed by atoms with Gasteiger partial charge in [-0.2, -0.15) is 0 Å². The molecule has 8 heteroatoms. The summed E-state index contributed by atoms with van der Waals surface area (Å²) in [5, 5.41) is 8.84. The molecule has 0 N–H and O–H groups in total. The normalized spacial score (nSPS) is 18.1. The van der Waals surface area contributed by atoms with Gasteiger partial charge in [-0.15, -0.1) is 10.2 Å². The Hall–Kier alpha value is -2.77. The molecule has 0 radical (unpaired) electrons. The molecule has 0 atom stereocenters. The molecule has 2 aromatic heterocycles. The number of nitrogens with zero attached hydrogens (tertiary/aromatic N) is 6. The number of carbonyl (C=O) groups excluding carboxylic acids is 1. The third-order valence-electron chi connectivity index (χ3n) is 5.46. The fourth-order valence-electron chi connectivity index (χ4n) is 3.81. The van der Waals surface area contributed by atoms with Crippen molar-refractivity contribution in [2.24, 2.45) is 0 Å². The highest BCUT2D eigenvalue weighted by Gasteiger charge is 2.25. The van der Waals surface area contributed by atoms with E-state index in [-0.39, 0.29) is 11.5 Å². The number of halogens is 1. The number of rotatable bonds is 3. The van der Waals surface area contributed by atoms with Gasteiger partial charge in [-0.25, -0.2) is 4.39 Å². The van der Waals surface area contributed by atoms with Crippen LogP contribution in [0.3, 0.4) is 0 Å². The summed E-state index contributed by atoms with van der Waals surface area (Å²) in [4.78, 5) is 22.3. The summed E-state index contributed by atoms with van der Waals surface area (Å²) in [5.41, 5.74) is 0.0741. The number of pyridine rings is 1. The molecule has 28 heavy (non-hydrogen) atoms. The Morgan fingerprint density at radius 3 is 2.00 bits per heavy atom. The maximum absolute atomic E-state index is 13.8. The summed E-state index contributed by atoms with van der Waals surface area (Å²) < 4.78 is 13.8. The van der Waals surface area contributed by atoms with Gasteiger partial charge in [0.2, 0.25) is 0 Å². The van der Waals surface area contributed by atoms with Gasteiger partial charge >= 0.3 is 0 Å². The van der Waals surface area contributed by atoms with Crippen molar-refractivity contribution >= 4 is 17.5 Å². The Bertz CT molecular complexity index is 799. The average Bonchev–Trinajstić information content (AvgIpc) is 3.04. The monoisotopic (exact) mass is 384 g/mol. The van der Waals surface area contributed by atoms with Gasteiger partial charge in [0.25, 0.3) is 5.91 Å². The topological polar surface area (TPSA) is 65.5 Å². The first-order valence-electron chi connectivity index (χ1n) is 9.95. The molecule has 2 fully saturated rings. The first-order chi connectivity index (χ1) is 13.7. The lowest BCUT2D eigenvalue weighted by Crippen LogP contribution is -2.49. The molecule has 0 spiro atoms. The highest BCUT2D eigenvalue weighted by molar-refractivity contribution is 5.94. The van der Waals surface area contributed by atoms with Crippen molar-refractivity contribution in [2.45, 2.75) is 25.7 Å². The molecule has 148 valence electrons. The third-order valence-corrected chi connectivity index (χ3v) is 5.46. The predicted molar refractivity (Wildman–Crippen MR) is 105 cm³/mol. The maximum Gasteiger partial charge on any atom is 0.257 e. The molecule has 0 unspecified atom stereocenters. The van der Waals surface area contributed by atoms with Crippen LogP contribution in [0, 0.1) is 5.82 Å². The Morgan fingerprint density at radius 1 is 0.821 bits per heavy atom. The fourth-order valence-corrected chi connectivity index (χ4v) is 3.81. The molecule has 2 saturated heterocycles. The van der Waals surface area contributed by atoms with E-state index >= 15 is 0 Å². The molecule has 0 bridgehead atoms. The van der Waals surface area contributed by atoms with Gasteiger partial charge in [-0.1, -0.05) is 12.8 Å². The second-order valence-corrected chi connectivity index (χ2v) is 7.29. The lowest BCUT2D eigenvalue weighted by Gasteiger charge is -2.35. The minimum absolute atomic E-state index is 0.0741. The number of amides is 1. The van der Waals surface area contributed by atoms with Gasteiger partial charge in [0.05, 0.1) is 11.8 Å². The van der Waals surface area contributed by atoms with Crippen molar-refractivity contribution < 1.29 is 9.18 Å². The summed E-state index contributed by atoms with van der Waals surface area (Å²) in [6.07, 6.45) is 7.50. The zero-order chi connectivity index (χ0) is 19.3. The van der Waals surface area contributed by atoms with E-state index in [1.807, 2.05) is 12.1 Å². The van der Waals surface area contributed by atoms with Gasteiger partial charge in [0.15, 0.2) is 17.5 Å². The molecule has 4 heterocycles. The fraction of sp³-hybridized carbons (Fsp3) is 0.500. The van der Waals surface area contributed by atoms with Crippen LogP contribution in [0.4, 0.5) is 16.0 Å². The zero-order valence-corrected chi connectivity index (χ0v) is 15.9. The lowest BCUT2D eigenvalue weighted by molar-refractivity contribution is 0.0741. The third kappa shape index (κ3) is 4.05. The van der Waals surface area contributed by atoms with Crippen molar-refractivity contribution in [3.8, 4) is 0 Å². The van der Waals surface area contributed by atoms with E-state index in [1.54, 1.807) is 4.90 Å². The van der Waals surface area contributed by atoms with E-state index in [1.165, 1.54) is 37.9 Å². The second-order valence-electron chi connectivity index (χ2n) is 7.29. The van der Waals surface area contributed by atoms with Crippen LogP contribution in [0.25, 0.3) is 0 Å². The Kier molecular flexibility index (Phi) is 5.64. The lowest BCUT2D eigenvalue weighted by atomic mass is 10.2. The van der Waals surface area contributed by atoms with Crippen molar-refractivity contribution in [3.05, 3.63) is 42.0 Å². The molecular weight excluding hydrogens is 359 g/mol. The minimum Gasteiger partial charge on any atom is -0.355 e. The Labute approximate surface area is 164 Å². The molecule has 2 aromatic rings. The Morgan fingerprint density at radius 2 is 1.43 bits per heavy atom. The van der Waals surface area contributed by atoms with Crippen molar-refractivity contribution in [2.75, 3.05) is 49.1 Å². The van der Waals surface area contributed by atoms with Crippen molar-refractivity contribution in [1.82, 2.24) is 20.1 Å². The number of hydrogen-bond donors (Lipinski definition) is 0. The summed E-state index contributed by atoms with van der Waals surface area (Å²) in [6.45, 7) is 4.43. The SMILES string of the molecule is O=C(c1ccncc1F)N1CCN(c2ccc(N3CCCCCC3)nn2)CC1. The quantitative estimate of drug-likeness (QED) is 0.809. The van der Waals surface area contributed by atoms with Gasteiger partial charge in [-0.05, 0) is 31.0 Å². The number of carbonyl (C=O) groups is 1. The van der Waals surface area contributed by atoms with Gasteiger partial charge in [-0.3, -0.25) is 9.78 Å². The summed E-state index contributed by atoms with van der Waals surface area (Å²) >= 11 is 0. The summed E-state index contributed by atoms with van der Waals surface area (Å²) in [5.74, 6) is 0.889. The first kappa shape index (κ1) is 18.6. The van der Waals surface area contributed by atoms with Gasteiger partial charge in [0, 0.05) is 45.5 Å². The molecule has 0 aliphatic carbocycles. The van der Waals surface area contributed by atoms with Crippen LogP contribution in [-0.2, 0) is 0 Å². The van der Waals surface area contributed by atoms with Crippen LogP contribution in [0.5, 0.6) is 0 Å². The van der Waals surface area contributed by atoms with E-state index in [4.69, 9.17) is 0 Å². The van der Waals surface area contributed by atoms with Gasteiger partial charge < -0.3 is 14.7 Å². The standard InChI is InChI=1S/C20H25FN6O/c21-17-15-22-8-7-16(17)20(28)27-13-11-26(12-14-27)19-6-5-18(23-24-19)25-9-3-1-2-4-10-25/h5-8,15H,1-4,9-14H2. The van der Waals surface area contributed by atoms with Gasteiger partial charge in [0.1, 0.15) is 0 Å². The average molecular weight is 384 g/mol. The molecule has 2 aliphatic rings. The summed E-state index contributed by atoms with van der Waals surface area (Å²) in [6, 6.07) is 5.47. The van der Waals surface area contributed by atoms with Crippen LogP contribution in [0.2, 0.25) is 0 Å². The van der Waals surface area contributed by atoms with E-state index < -0.39 is 5.82 Å². The maximum atomic E-state index is 13.8. The van der Waals surface area contributed by atoms with Crippen LogP contribution in [0.1, 0.15) is 36.0 Å². The van der Waals surface area contributed by atoms with E-state index in [0.717, 1.165) is 30.9 Å². The second kappa shape index (κ2) is 8.50. The van der Waals surface area contributed by atoms with E-state index in [2.05, 4.69) is 25.0 Å². The first-order valence-corrected chi connectivity index (χ1v) is 9.95. The zero-order valence-electron chi connectivity index (χ0n) is 15.9. The summed E-state index contributed by atoms with van der Waals surface area (Å²) in [7, 11) is 0. The number of hydrogen-bond acceptors (Lipinski definition) is 6. The van der Waals surface area contributed by atoms with E-state index in [0.29, 0.717) is 26.2 Å². The largest absolute Gasteiger partial charge is 0.355 e. The highest BCUT2D eigenvalue weighted by atomic mass is 19.1. The van der Waals surface area contributed by atoms with Crippen LogP contribution < -0.4 is 9.80 Å². The molecule has 4 rings (SSSR count). The van der Waals surface area contributed by atoms with Crippen LogP contribution in [0.15, 0.2) is 30.6 Å². The smallest absolute Gasteiger partial charge is 0.257 e. The number of piperazine rings is 1. The molecule has 7 nitrogen and oxygen atoms in total. The van der Waals surface area contributed by atoms with E-state index in [9.17, 15) is 9.18 Å². The number of anilines is 2. The van der Waals surface area contributed by atoms with Crippen LogP contribution in [-0.4, -0.2) is 65.3 Å². The minimum atomic E-state index is -0.579. The molecule has 1 amide bonds. The molecular formula is C20H25FN6O. The van der Waals surface area contributed by atoms with Crippen LogP contribution >= 0.6 is 0 Å². The predicted octanol–water partition coefficient (Wildman–Crippen LogP) is 2.35. The molecule has 2 aliphatic heterocycles. The number of aromatic nitrogens is 3. The van der Waals surface area contributed by atoms with Crippen molar-refractivity contribution in [1.29, 1.82) is 0 Å². The Balaban J connectivity index is 1.36. The van der Waals surface area contributed by atoms with Crippen molar-refractivity contribution in [3.63, 3.8) is 0 Å². The molecule has 0 saturated carbocycles. The highest BCUT2D eigenvalue weighted by Crippen LogP contribution is 2.20. The molecule has 0 aromatic carbocycles.